The van der Waals surface area contributed by atoms with Crippen molar-refractivity contribution in [1.82, 2.24) is 4.90 Å². The Bertz CT molecular complexity index is 1300. The van der Waals surface area contributed by atoms with E-state index in [1.807, 2.05) is 31.2 Å². The van der Waals surface area contributed by atoms with Gasteiger partial charge in [-0.2, -0.15) is 0 Å². The second kappa shape index (κ2) is 10.2. The molecule has 1 aliphatic heterocycles. The molecule has 3 aromatic rings. The van der Waals surface area contributed by atoms with Gasteiger partial charge in [-0.1, -0.05) is 47.5 Å². The molecule has 2 amide bonds. The van der Waals surface area contributed by atoms with Crippen LogP contribution in [0.25, 0.3) is 6.08 Å². The third-order valence-corrected chi connectivity index (χ3v) is 6.28. The predicted octanol–water partition coefficient (Wildman–Crippen LogP) is 6.11. The van der Waals surface area contributed by atoms with Crippen LogP contribution in [0.15, 0.2) is 71.6 Å². The summed E-state index contributed by atoms with van der Waals surface area (Å²) in [5.41, 5.74) is 2.90. The summed E-state index contributed by atoms with van der Waals surface area (Å²) in [6.07, 6.45) is 1.60. The number of halogens is 1. The molecule has 0 radical (unpaired) electrons. The van der Waals surface area contributed by atoms with Crippen molar-refractivity contribution >= 4 is 46.6 Å². The molecule has 0 atom stereocenters. The van der Waals surface area contributed by atoms with Crippen molar-refractivity contribution in [2.24, 2.45) is 0 Å². The molecule has 0 spiro atoms. The summed E-state index contributed by atoms with van der Waals surface area (Å²) in [6, 6.07) is 19.0. The normalized spacial score (nSPS) is 14.6. The molecule has 172 valence electrons. The van der Waals surface area contributed by atoms with Crippen LogP contribution >= 0.6 is 23.4 Å². The highest BCUT2D eigenvalue weighted by Gasteiger charge is 2.35. The quantitative estimate of drug-likeness (QED) is 0.234. The Morgan fingerprint density at radius 1 is 1.06 bits per heavy atom. The second-order valence-electron chi connectivity index (χ2n) is 7.56. The fraction of sp³-hybridized carbons (Fsp3) is 0.115. The van der Waals surface area contributed by atoms with Crippen molar-refractivity contribution in [2.75, 3.05) is 7.11 Å². The second-order valence-corrected chi connectivity index (χ2v) is 8.97. The van der Waals surface area contributed by atoms with E-state index in [-0.39, 0.29) is 28.5 Å². The van der Waals surface area contributed by atoms with E-state index in [0.717, 1.165) is 22.9 Å². The highest BCUT2D eigenvalue weighted by atomic mass is 35.5. The number of aryl methyl sites for hydroxylation is 1. The van der Waals surface area contributed by atoms with E-state index in [2.05, 4.69) is 0 Å². The lowest BCUT2D eigenvalue weighted by molar-refractivity contribution is -0.123. The topological polar surface area (TPSA) is 72.9 Å². The average molecular weight is 494 g/mol. The minimum absolute atomic E-state index is 0.187. The minimum Gasteiger partial charge on any atom is -0.497 e. The number of esters is 1. The van der Waals surface area contributed by atoms with E-state index in [9.17, 15) is 14.4 Å². The van der Waals surface area contributed by atoms with Gasteiger partial charge in [0.2, 0.25) is 0 Å². The molecule has 1 aliphatic rings. The van der Waals surface area contributed by atoms with E-state index >= 15 is 0 Å². The number of benzene rings is 3. The van der Waals surface area contributed by atoms with Gasteiger partial charge in [0.25, 0.3) is 11.1 Å². The summed E-state index contributed by atoms with van der Waals surface area (Å²) in [4.78, 5) is 39.2. The lowest BCUT2D eigenvalue weighted by Crippen LogP contribution is -2.27. The maximum atomic E-state index is 12.8. The van der Waals surface area contributed by atoms with E-state index in [4.69, 9.17) is 21.1 Å². The van der Waals surface area contributed by atoms with E-state index in [1.165, 1.54) is 4.90 Å². The number of carbonyl (C=O) groups is 3. The smallest absolute Gasteiger partial charge is 0.343 e. The molecule has 4 rings (SSSR count). The molecule has 1 heterocycles. The van der Waals surface area contributed by atoms with Crippen molar-refractivity contribution in [3.05, 3.63) is 98.9 Å². The number of carbonyl (C=O) groups excluding carboxylic acids is 3. The number of nitrogens with zero attached hydrogens (tertiary/aromatic N) is 1. The van der Waals surface area contributed by atoms with Gasteiger partial charge in [-0.25, -0.2) is 4.79 Å². The summed E-state index contributed by atoms with van der Waals surface area (Å²) in [6.45, 7) is 2.17. The molecular formula is C26H20ClNO5S. The first-order chi connectivity index (χ1) is 16.3. The first-order valence-corrected chi connectivity index (χ1v) is 11.5. The van der Waals surface area contributed by atoms with Crippen LogP contribution in [0.2, 0.25) is 5.02 Å². The number of rotatable bonds is 6. The van der Waals surface area contributed by atoms with Crippen molar-refractivity contribution < 1.29 is 23.9 Å². The Morgan fingerprint density at radius 2 is 1.82 bits per heavy atom. The highest BCUT2D eigenvalue weighted by Crippen LogP contribution is 2.35. The molecule has 0 bridgehead atoms. The molecule has 8 heteroatoms. The van der Waals surface area contributed by atoms with Crippen molar-refractivity contribution in [1.29, 1.82) is 0 Å². The van der Waals surface area contributed by atoms with Gasteiger partial charge in [-0.3, -0.25) is 14.5 Å². The first kappa shape index (κ1) is 23.6. The van der Waals surface area contributed by atoms with Crippen LogP contribution < -0.4 is 9.47 Å². The van der Waals surface area contributed by atoms with Crippen molar-refractivity contribution in [2.45, 2.75) is 13.5 Å². The molecule has 34 heavy (non-hydrogen) atoms. The zero-order chi connectivity index (χ0) is 24.2. The summed E-state index contributed by atoms with van der Waals surface area (Å²) < 4.78 is 10.5. The molecule has 0 N–H and O–H groups in total. The molecule has 0 saturated carbocycles. The third kappa shape index (κ3) is 5.32. The lowest BCUT2D eigenvalue weighted by Gasteiger charge is -2.12. The zero-order valence-corrected chi connectivity index (χ0v) is 20.0. The van der Waals surface area contributed by atoms with Gasteiger partial charge in [-0.15, -0.1) is 0 Å². The first-order valence-electron chi connectivity index (χ1n) is 10.3. The highest BCUT2D eigenvalue weighted by molar-refractivity contribution is 8.18. The number of hydrogen-bond donors (Lipinski definition) is 0. The minimum atomic E-state index is -0.561. The summed E-state index contributed by atoms with van der Waals surface area (Å²) >= 11 is 7.20. The fourth-order valence-electron chi connectivity index (χ4n) is 3.36. The maximum Gasteiger partial charge on any atom is 0.343 e. The number of thioether (sulfide) groups is 1. The summed E-state index contributed by atoms with van der Waals surface area (Å²) in [7, 11) is 1.54. The Labute approximate surface area is 206 Å². The monoisotopic (exact) mass is 493 g/mol. The molecule has 1 fully saturated rings. The van der Waals surface area contributed by atoms with Crippen LogP contribution in [0.3, 0.4) is 0 Å². The zero-order valence-electron chi connectivity index (χ0n) is 18.4. The van der Waals surface area contributed by atoms with Crippen LogP contribution in [0.4, 0.5) is 4.79 Å². The summed E-state index contributed by atoms with van der Waals surface area (Å²) in [5, 5.41) is -0.122. The number of imide groups is 1. The van der Waals surface area contributed by atoms with Crippen LogP contribution in [0, 0.1) is 6.92 Å². The Kier molecular flexibility index (Phi) is 7.05. The molecule has 3 aromatic carbocycles. The van der Waals surface area contributed by atoms with Crippen molar-refractivity contribution in [3.63, 3.8) is 0 Å². The summed E-state index contributed by atoms with van der Waals surface area (Å²) in [5.74, 6) is -0.105. The number of methoxy groups -OCH3 is 1. The average Bonchev–Trinajstić information content (AvgIpc) is 3.08. The molecular weight excluding hydrogens is 474 g/mol. The van der Waals surface area contributed by atoms with E-state index < -0.39 is 5.97 Å². The molecule has 0 aliphatic carbocycles. The van der Waals surface area contributed by atoms with Gasteiger partial charge in [0.05, 0.1) is 29.1 Å². The maximum absolute atomic E-state index is 12.8. The van der Waals surface area contributed by atoms with E-state index in [0.29, 0.717) is 21.8 Å². The van der Waals surface area contributed by atoms with Crippen molar-refractivity contribution in [3.8, 4) is 11.5 Å². The Morgan fingerprint density at radius 3 is 2.50 bits per heavy atom. The van der Waals surface area contributed by atoms with Gasteiger partial charge in [0, 0.05) is 0 Å². The molecule has 0 unspecified atom stereocenters. The number of amides is 2. The SMILES string of the molecule is COc1ccc(C(=O)Oc2ccc(/C=C3\SC(=O)N(Cc4cccc(C)c4)C3=O)cc2Cl)cc1. The lowest BCUT2D eigenvalue weighted by atomic mass is 10.1. The number of ether oxygens (including phenoxy) is 2. The van der Waals surface area contributed by atoms with Gasteiger partial charge >= 0.3 is 5.97 Å². The van der Waals surface area contributed by atoms with Gasteiger partial charge in [-0.05, 0) is 72.3 Å². The standard InChI is InChI=1S/C26H20ClNO5S/c1-16-4-3-5-18(12-16)15-28-24(29)23(34-26(28)31)14-17-6-11-22(21(27)13-17)33-25(30)19-7-9-20(32-2)10-8-19/h3-14H,15H2,1-2H3/b23-14-. The molecule has 0 aromatic heterocycles. The van der Waals surface area contributed by atoms with Gasteiger partial charge in [0.1, 0.15) is 11.5 Å². The largest absolute Gasteiger partial charge is 0.497 e. The predicted molar refractivity (Wildman–Crippen MR) is 132 cm³/mol. The Balaban J connectivity index is 1.47. The van der Waals surface area contributed by atoms with E-state index in [1.54, 1.807) is 55.7 Å². The van der Waals surface area contributed by atoms with Gasteiger partial charge < -0.3 is 9.47 Å². The van der Waals surface area contributed by atoms with Crippen LogP contribution in [0.1, 0.15) is 27.0 Å². The van der Waals surface area contributed by atoms with Crippen LogP contribution in [-0.4, -0.2) is 29.1 Å². The fourth-order valence-corrected chi connectivity index (χ4v) is 4.42. The Hall–Kier alpha value is -3.55. The third-order valence-electron chi connectivity index (χ3n) is 5.08. The molecule has 6 nitrogen and oxygen atoms in total. The van der Waals surface area contributed by atoms with Crippen LogP contribution in [0.5, 0.6) is 11.5 Å². The number of hydrogen-bond acceptors (Lipinski definition) is 6. The van der Waals surface area contributed by atoms with Crippen LogP contribution in [-0.2, 0) is 11.3 Å². The molecule has 1 saturated heterocycles. The van der Waals surface area contributed by atoms with Gasteiger partial charge in [0.15, 0.2) is 0 Å².